The SMILES string of the molecule is COc1cc(CC(=O)OCC2=C[C@@]3(C)C4OC5(Cc6ccccc6)OC4(C(C)=O)C[C@@H](C)C3(O5)C3=CC(C)C(=O)[C@@]3(C)C2)cc(I)c1O. The first-order chi connectivity index (χ1) is 22.6. The lowest BCUT2D eigenvalue weighted by molar-refractivity contribution is -0.418. The van der Waals surface area contributed by atoms with E-state index in [0.29, 0.717) is 22.0 Å². The Morgan fingerprint density at radius 1 is 1.08 bits per heavy atom. The number of esters is 1. The number of ketones is 2. The summed E-state index contributed by atoms with van der Waals surface area (Å²) in [7, 11) is 1.46. The molecule has 9 nitrogen and oxygen atoms in total. The maximum absolute atomic E-state index is 14.1. The van der Waals surface area contributed by atoms with Crippen molar-refractivity contribution < 1.29 is 43.2 Å². The van der Waals surface area contributed by atoms with Crippen LogP contribution >= 0.6 is 22.6 Å². The van der Waals surface area contributed by atoms with Gasteiger partial charge in [-0.25, -0.2) is 0 Å². The number of allylic oxidation sites excluding steroid dienone is 1. The van der Waals surface area contributed by atoms with Gasteiger partial charge in [0.2, 0.25) is 0 Å². The Morgan fingerprint density at radius 2 is 1.81 bits per heavy atom. The molecule has 8 atom stereocenters. The van der Waals surface area contributed by atoms with Crippen molar-refractivity contribution in [3.63, 3.8) is 0 Å². The number of rotatable bonds is 8. The Morgan fingerprint density at radius 3 is 2.50 bits per heavy atom. The zero-order chi connectivity index (χ0) is 34.4. The van der Waals surface area contributed by atoms with Crippen molar-refractivity contribution in [1.29, 1.82) is 0 Å². The molecule has 0 amide bonds. The van der Waals surface area contributed by atoms with Crippen molar-refractivity contribution in [1.82, 2.24) is 0 Å². The number of methoxy groups -OCH3 is 1. The summed E-state index contributed by atoms with van der Waals surface area (Å²) in [5, 5.41) is 10.2. The molecule has 5 aliphatic rings. The van der Waals surface area contributed by atoms with E-state index in [1.807, 2.05) is 79.8 Å². The summed E-state index contributed by atoms with van der Waals surface area (Å²) in [5.41, 5.74) is -0.991. The molecule has 3 bridgehead atoms. The van der Waals surface area contributed by atoms with Gasteiger partial charge in [-0.1, -0.05) is 63.3 Å². The minimum atomic E-state index is -1.54. The van der Waals surface area contributed by atoms with Gasteiger partial charge in [0, 0.05) is 11.3 Å². The average molecular weight is 769 g/mol. The fourth-order valence-electron chi connectivity index (χ4n) is 9.52. The lowest BCUT2D eigenvalue weighted by atomic mass is 9.49. The number of ether oxygens (including phenoxy) is 5. The first-order valence-corrected chi connectivity index (χ1v) is 17.5. The molecule has 7 rings (SSSR count). The number of benzene rings is 2. The summed E-state index contributed by atoms with van der Waals surface area (Å²) >= 11 is 1.99. The monoisotopic (exact) mass is 768 g/mol. The molecular weight excluding hydrogens is 727 g/mol. The lowest BCUT2D eigenvalue weighted by Crippen LogP contribution is -2.73. The summed E-state index contributed by atoms with van der Waals surface area (Å²) < 4.78 is 32.6. The molecule has 2 saturated heterocycles. The van der Waals surface area contributed by atoms with Crippen molar-refractivity contribution in [3.8, 4) is 11.5 Å². The van der Waals surface area contributed by atoms with E-state index >= 15 is 0 Å². The Balaban J connectivity index is 1.30. The molecule has 1 saturated carbocycles. The molecule has 0 aromatic heterocycles. The number of phenolic OH excluding ortho intramolecular Hbond substituents is 1. The maximum atomic E-state index is 14.1. The van der Waals surface area contributed by atoms with E-state index in [4.69, 9.17) is 23.7 Å². The number of halogens is 1. The smallest absolute Gasteiger partial charge is 0.310 e. The second-order valence-electron chi connectivity index (χ2n) is 14.6. The van der Waals surface area contributed by atoms with Crippen LogP contribution in [-0.2, 0) is 46.2 Å². The zero-order valence-corrected chi connectivity index (χ0v) is 30.2. The van der Waals surface area contributed by atoms with Crippen LogP contribution in [0.25, 0.3) is 0 Å². The van der Waals surface area contributed by atoms with Gasteiger partial charge in [-0.2, -0.15) is 0 Å². The third-order valence-corrected chi connectivity index (χ3v) is 12.2. The predicted octanol–water partition coefficient (Wildman–Crippen LogP) is 6.03. The molecule has 254 valence electrons. The van der Waals surface area contributed by atoms with Crippen molar-refractivity contribution >= 4 is 40.1 Å². The molecule has 3 fully saturated rings. The van der Waals surface area contributed by atoms with Crippen LogP contribution in [0.1, 0.15) is 58.6 Å². The first-order valence-electron chi connectivity index (χ1n) is 16.4. The highest BCUT2D eigenvalue weighted by Crippen LogP contribution is 2.72. The number of aromatic hydroxyl groups is 1. The number of fused-ring (bicyclic) bond motifs is 2. The van der Waals surface area contributed by atoms with Crippen LogP contribution in [0.5, 0.6) is 11.5 Å². The Kier molecular flexibility index (Phi) is 7.82. The fraction of sp³-hybridized carbons (Fsp3) is 0.500. The van der Waals surface area contributed by atoms with Gasteiger partial charge in [-0.15, -0.1) is 0 Å². The molecule has 0 radical (unpaired) electrons. The summed E-state index contributed by atoms with van der Waals surface area (Å²) in [5.74, 6) is -2.34. The van der Waals surface area contributed by atoms with Crippen LogP contribution < -0.4 is 4.74 Å². The molecule has 2 heterocycles. The zero-order valence-electron chi connectivity index (χ0n) is 28.1. The molecule has 1 N–H and O–H groups in total. The second-order valence-corrected chi connectivity index (χ2v) is 15.8. The fourth-order valence-corrected chi connectivity index (χ4v) is 10.2. The molecule has 3 aliphatic carbocycles. The summed E-state index contributed by atoms with van der Waals surface area (Å²) in [6, 6.07) is 13.1. The van der Waals surface area contributed by atoms with Crippen LogP contribution in [0.2, 0.25) is 0 Å². The van der Waals surface area contributed by atoms with Crippen molar-refractivity contribution in [2.45, 2.75) is 83.6 Å². The van der Waals surface area contributed by atoms with Crippen LogP contribution in [0.15, 0.2) is 65.8 Å². The standard InChI is InChI=1S/C38H41IO9/c1-21-12-29-34(4,32(21)43)17-26(20-45-30(41)15-25-13-27(39)31(42)28(14-25)44-6)18-35(5)33-36(23(3)40)16-22(2)38(29,35)48-37(46-33,47-36)19-24-10-8-7-9-11-24/h7-14,18,21-22,33,42H,15-17,19-20H2,1-6H3/t21?,22-,33?,34+,35+,36?,37?,38?/m1/s1. The molecule has 5 unspecified atom stereocenters. The normalized spacial score (nSPS) is 37.6. The Hall–Kier alpha value is -3.06. The number of carbonyl (C=O) groups excluding carboxylic acids is 3. The lowest BCUT2D eigenvalue weighted by Gasteiger charge is -2.62. The van der Waals surface area contributed by atoms with Crippen LogP contribution in [-0.4, -0.2) is 59.6 Å². The Labute approximate surface area is 294 Å². The molecule has 2 aromatic carbocycles. The predicted molar refractivity (Wildman–Crippen MR) is 183 cm³/mol. The highest BCUT2D eigenvalue weighted by Gasteiger charge is 2.82. The van der Waals surface area contributed by atoms with Crippen molar-refractivity contribution in [2.24, 2.45) is 22.7 Å². The largest absolute Gasteiger partial charge is 0.504 e. The van der Waals surface area contributed by atoms with Crippen LogP contribution in [0.3, 0.4) is 0 Å². The van der Waals surface area contributed by atoms with E-state index in [-0.39, 0.29) is 54.3 Å². The summed E-state index contributed by atoms with van der Waals surface area (Å²) in [6.07, 6.45) is 4.33. The quantitative estimate of drug-likeness (QED) is 0.195. The van der Waals surface area contributed by atoms with Gasteiger partial charge < -0.3 is 28.8 Å². The van der Waals surface area contributed by atoms with Gasteiger partial charge in [0.1, 0.15) is 24.1 Å². The van der Waals surface area contributed by atoms with E-state index in [1.165, 1.54) is 7.11 Å². The third kappa shape index (κ3) is 4.61. The molecule has 2 aliphatic heterocycles. The molecule has 48 heavy (non-hydrogen) atoms. The van der Waals surface area contributed by atoms with E-state index in [1.54, 1.807) is 19.1 Å². The van der Waals surface area contributed by atoms with E-state index < -0.39 is 40.1 Å². The minimum absolute atomic E-state index is 0.0148. The maximum Gasteiger partial charge on any atom is 0.310 e. The van der Waals surface area contributed by atoms with E-state index in [0.717, 1.165) is 16.7 Å². The van der Waals surface area contributed by atoms with Gasteiger partial charge in [0.25, 0.3) is 5.97 Å². The van der Waals surface area contributed by atoms with Crippen LogP contribution in [0.4, 0.5) is 0 Å². The number of hydrogen-bond acceptors (Lipinski definition) is 9. The van der Waals surface area contributed by atoms with Gasteiger partial charge in [0.05, 0.1) is 28.9 Å². The van der Waals surface area contributed by atoms with E-state index in [2.05, 4.69) is 13.0 Å². The second kappa shape index (κ2) is 11.2. The number of phenols is 1. The van der Waals surface area contributed by atoms with E-state index in [9.17, 15) is 19.5 Å². The van der Waals surface area contributed by atoms with Gasteiger partial charge in [0.15, 0.2) is 22.9 Å². The molecule has 10 heteroatoms. The van der Waals surface area contributed by atoms with Gasteiger partial charge >= 0.3 is 5.97 Å². The summed E-state index contributed by atoms with van der Waals surface area (Å²) in [6.45, 7) is 9.51. The van der Waals surface area contributed by atoms with Crippen molar-refractivity contribution in [3.05, 3.63) is 80.5 Å². The Bertz CT molecular complexity index is 1790. The minimum Gasteiger partial charge on any atom is -0.504 e. The van der Waals surface area contributed by atoms with Gasteiger partial charge in [-0.05, 0) is 89.6 Å². The van der Waals surface area contributed by atoms with Gasteiger partial charge in [-0.3, -0.25) is 14.4 Å². The number of hydrogen-bond donors (Lipinski definition) is 1. The highest BCUT2D eigenvalue weighted by atomic mass is 127. The topological polar surface area (TPSA) is 118 Å². The number of Topliss-reactive ketones (excluding diaryl/α,β-unsaturated/α-hetero) is 2. The average Bonchev–Trinajstić information content (AvgIpc) is 3.37. The molecule has 2 aromatic rings. The highest BCUT2D eigenvalue weighted by molar-refractivity contribution is 14.1. The number of carbonyl (C=O) groups is 3. The first kappa shape index (κ1) is 33.4. The molecule has 0 spiro atoms. The third-order valence-electron chi connectivity index (χ3n) is 11.4. The van der Waals surface area contributed by atoms with Crippen molar-refractivity contribution in [2.75, 3.05) is 13.7 Å². The van der Waals surface area contributed by atoms with Crippen LogP contribution in [0, 0.1) is 26.2 Å². The molecular formula is C38H41IO9. The summed E-state index contributed by atoms with van der Waals surface area (Å²) in [4.78, 5) is 41.1.